The van der Waals surface area contributed by atoms with Crippen molar-refractivity contribution in [2.45, 2.75) is 0 Å². The number of hydrogen-bond acceptors (Lipinski definition) is 3. The minimum absolute atomic E-state index is 0.201. The Morgan fingerprint density at radius 3 is 2.20 bits per heavy atom. The zero-order valence-corrected chi connectivity index (χ0v) is 13.2. The third kappa shape index (κ3) is 1.93. The number of fused-ring (bicyclic) bond motifs is 6. The fourth-order valence-electron chi connectivity index (χ4n) is 3.61. The Kier molecular flexibility index (Phi) is 2.80. The number of para-hydroxylation sites is 1. The van der Waals surface area contributed by atoms with Gasteiger partial charge in [-0.25, -0.2) is 0 Å². The maximum absolute atomic E-state index is 10.3. The molecule has 0 spiro atoms. The van der Waals surface area contributed by atoms with E-state index in [-0.39, 0.29) is 11.5 Å². The molecule has 0 radical (unpaired) electrons. The molecular weight excluding hydrogens is 312 g/mol. The van der Waals surface area contributed by atoms with Crippen molar-refractivity contribution in [3.05, 3.63) is 73.0 Å². The van der Waals surface area contributed by atoms with Crippen LogP contribution < -0.4 is 0 Å². The summed E-state index contributed by atoms with van der Waals surface area (Å²) in [5, 5.41) is 25.2. The summed E-state index contributed by atoms with van der Waals surface area (Å²) in [7, 11) is 0. The average Bonchev–Trinajstić information content (AvgIpc) is 3.07. The molecule has 0 saturated carbocycles. The number of aromatic hydroxyl groups is 2. The number of benzene rings is 4. The van der Waals surface area contributed by atoms with Crippen LogP contribution in [0.25, 0.3) is 43.6 Å². The van der Waals surface area contributed by atoms with Gasteiger partial charge in [-0.15, -0.1) is 0 Å². The molecule has 0 fully saturated rings. The molecule has 2 N–H and O–H groups in total. The van der Waals surface area contributed by atoms with Crippen LogP contribution in [0.1, 0.15) is 0 Å². The molecule has 0 aliphatic carbocycles. The average molecular weight is 326 g/mol. The van der Waals surface area contributed by atoms with E-state index in [4.69, 9.17) is 4.42 Å². The number of rotatable bonds is 1. The molecule has 1 aromatic heterocycles. The highest BCUT2D eigenvalue weighted by Gasteiger charge is 2.18. The maximum atomic E-state index is 10.3. The van der Waals surface area contributed by atoms with Crippen LogP contribution in [-0.2, 0) is 0 Å². The Labute approximate surface area is 143 Å². The molecule has 3 heteroatoms. The van der Waals surface area contributed by atoms with Crippen LogP contribution in [0, 0.1) is 0 Å². The second-order valence-electron chi connectivity index (χ2n) is 6.15. The monoisotopic (exact) mass is 326 g/mol. The number of furan rings is 1. The molecule has 5 rings (SSSR count). The first-order valence-electron chi connectivity index (χ1n) is 8.07. The van der Waals surface area contributed by atoms with Gasteiger partial charge in [-0.1, -0.05) is 48.5 Å². The molecule has 0 atom stereocenters. The molecule has 25 heavy (non-hydrogen) atoms. The third-order valence-electron chi connectivity index (χ3n) is 4.72. The van der Waals surface area contributed by atoms with Crippen LogP contribution in [0.5, 0.6) is 11.5 Å². The Morgan fingerprint density at radius 1 is 0.640 bits per heavy atom. The molecule has 0 unspecified atom stereocenters. The normalized spacial score (nSPS) is 11.5. The van der Waals surface area contributed by atoms with Gasteiger partial charge in [0.05, 0.1) is 6.26 Å². The summed E-state index contributed by atoms with van der Waals surface area (Å²) in [4.78, 5) is 0. The van der Waals surface area contributed by atoms with E-state index in [2.05, 4.69) is 6.07 Å². The van der Waals surface area contributed by atoms with Crippen molar-refractivity contribution < 1.29 is 14.6 Å². The van der Waals surface area contributed by atoms with E-state index in [1.54, 1.807) is 30.5 Å². The molecule has 0 amide bonds. The second kappa shape index (κ2) is 5.02. The second-order valence-corrected chi connectivity index (χ2v) is 6.15. The highest BCUT2D eigenvalue weighted by atomic mass is 16.3. The lowest BCUT2D eigenvalue weighted by molar-refractivity contribution is 0.476. The highest BCUT2D eigenvalue weighted by Crippen LogP contribution is 2.43. The number of phenolic OH excluding ortho intramolecular Hbond substituents is 2. The number of hydrogen-bond donors (Lipinski definition) is 2. The van der Waals surface area contributed by atoms with Crippen molar-refractivity contribution in [2.24, 2.45) is 0 Å². The van der Waals surface area contributed by atoms with Gasteiger partial charge in [0, 0.05) is 21.9 Å². The lowest BCUT2D eigenvalue weighted by Crippen LogP contribution is -1.83. The van der Waals surface area contributed by atoms with Gasteiger partial charge in [0.15, 0.2) is 0 Å². The van der Waals surface area contributed by atoms with Gasteiger partial charge in [0.25, 0.3) is 0 Å². The van der Waals surface area contributed by atoms with Crippen LogP contribution in [0.3, 0.4) is 0 Å². The van der Waals surface area contributed by atoms with Crippen molar-refractivity contribution >= 4 is 32.5 Å². The number of phenols is 2. The first-order chi connectivity index (χ1) is 12.2. The quantitative estimate of drug-likeness (QED) is 0.382. The molecule has 1 heterocycles. The van der Waals surface area contributed by atoms with Crippen molar-refractivity contribution in [1.29, 1.82) is 0 Å². The lowest BCUT2D eigenvalue weighted by atomic mass is 9.94. The summed E-state index contributed by atoms with van der Waals surface area (Å²) in [5.74, 6) is 0.403. The summed E-state index contributed by atoms with van der Waals surface area (Å²) in [5.41, 5.74) is 2.28. The molecule has 5 aromatic rings. The largest absolute Gasteiger partial charge is 0.508 e. The molecule has 4 aromatic carbocycles. The van der Waals surface area contributed by atoms with Crippen LogP contribution in [0.15, 0.2) is 77.4 Å². The third-order valence-corrected chi connectivity index (χ3v) is 4.72. The fraction of sp³-hybridized carbons (Fsp3) is 0. The summed E-state index contributed by atoms with van der Waals surface area (Å²) >= 11 is 0. The van der Waals surface area contributed by atoms with Crippen LogP contribution >= 0.6 is 0 Å². The maximum Gasteiger partial charge on any atom is 0.142 e. The van der Waals surface area contributed by atoms with Gasteiger partial charge in [0.2, 0.25) is 0 Å². The van der Waals surface area contributed by atoms with Gasteiger partial charge >= 0.3 is 0 Å². The van der Waals surface area contributed by atoms with E-state index < -0.39 is 0 Å². The van der Waals surface area contributed by atoms with Gasteiger partial charge in [-0.05, 0) is 34.4 Å². The molecular formula is C22H14O3. The summed E-state index contributed by atoms with van der Waals surface area (Å²) in [6.07, 6.45) is 1.68. The van der Waals surface area contributed by atoms with E-state index in [1.165, 1.54) is 0 Å². The molecule has 3 nitrogen and oxygen atoms in total. The van der Waals surface area contributed by atoms with Gasteiger partial charge < -0.3 is 14.6 Å². The van der Waals surface area contributed by atoms with Crippen LogP contribution in [-0.4, -0.2) is 10.2 Å². The summed E-state index contributed by atoms with van der Waals surface area (Å²) in [6, 6.07) is 20.6. The Morgan fingerprint density at radius 2 is 1.36 bits per heavy atom. The van der Waals surface area contributed by atoms with E-state index in [9.17, 15) is 10.2 Å². The topological polar surface area (TPSA) is 53.6 Å². The van der Waals surface area contributed by atoms with Crippen molar-refractivity contribution in [3.63, 3.8) is 0 Å². The van der Waals surface area contributed by atoms with Gasteiger partial charge in [0.1, 0.15) is 17.1 Å². The molecule has 0 aliphatic heterocycles. The minimum Gasteiger partial charge on any atom is -0.508 e. The zero-order valence-electron chi connectivity index (χ0n) is 13.2. The smallest absolute Gasteiger partial charge is 0.142 e. The zero-order chi connectivity index (χ0) is 17.0. The summed E-state index contributed by atoms with van der Waals surface area (Å²) < 4.78 is 5.93. The Balaban J connectivity index is 2.06. The van der Waals surface area contributed by atoms with Gasteiger partial charge in [-0.2, -0.15) is 0 Å². The van der Waals surface area contributed by atoms with E-state index >= 15 is 0 Å². The fourth-order valence-corrected chi connectivity index (χ4v) is 3.61. The minimum atomic E-state index is 0.201. The van der Waals surface area contributed by atoms with E-state index in [1.807, 2.05) is 36.4 Å². The van der Waals surface area contributed by atoms with Crippen molar-refractivity contribution in [1.82, 2.24) is 0 Å². The lowest BCUT2D eigenvalue weighted by Gasteiger charge is -2.09. The first kappa shape index (κ1) is 13.9. The van der Waals surface area contributed by atoms with Gasteiger partial charge in [-0.3, -0.25) is 0 Å². The van der Waals surface area contributed by atoms with E-state index in [0.717, 1.165) is 38.1 Å². The van der Waals surface area contributed by atoms with E-state index in [0.29, 0.717) is 5.56 Å². The predicted molar refractivity (Wildman–Crippen MR) is 100.0 cm³/mol. The standard InChI is InChI=1S/C22H14O3/c23-13-9-10-15-14-5-1-2-7-17(14)22-21(18(15)11-13)19(12-25-22)16-6-3-4-8-20(16)24/h1-12,23-24H. The van der Waals surface area contributed by atoms with Crippen LogP contribution in [0.2, 0.25) is 0 Å². The Bertz CT molecular complexity index is 1260. The van der Waals surface area contributed by atoms with Crippen molar-refractivity contribution in [2.75, 3.05) is 0 Å². The molecule has 0 bridgehead atoms. The Hall–Kier alpha value is -3.46. The molecule has 0 saturated heterocycles. The van der Waals surface area contributed by atoms with Crippen molar-refractivity contribution in [3.8, 4) is 22.6 Å². The van der Waals surface area contributed by atoms with Crippen LogP contribution in [0.4, 0.5) is 0 Å². The summed E-state index contributed by atoms with van der Waals surface area (Å²) in [6.45, 7) is 0. The predicted octanol–water partition coefficient (Wildman–Crippen LogP) is 5.82. The molecule has 120 valence electrons. The molecule has 0 aliphatic rings. The highest BCUT2D eigenvalue weighted by molar-refractivity contribution is 6.27. The first-order valence-corrected chi connectivity index (χ1v) is 8.07. The SMILES string of the molecule is Oc1ccc2c3ccccc3c3occ(-c4ccccc4O)c3c2c1.